The summed E-state index contributed by atoms with van der Waals surface area (Å²) in [7, 11) is 0. The van der Waals surface area contributed by atoms with E-state index in [1.54, 1.807) is 20.8 Å². The molecule has 0 radical (unpaired) electrons. The lowest BCUT2D eigenvalue weighted by molar-refractivity contribution is -0.151. The normalized spacial score (nSPS) is 15.9. The molecule has 1 fully saturated rings. The molecule has 0 bridgehead atoms. The minimum absolute atomic E-state index is 0.0622. The molecule has 0 aliphatic heterocycles. The number of carbonyl (C=O) groups is 2. The van der Waals surface area contributed by atoms with E-state index in [0.717, 1.165) is 30.2 Å². The topological polar surface area (TPSA) is 73.9 Å². The van der Waals surface area contributed by atoms with Gasteiger partial charge in [0, 0.05) is 10.9 Å². The second-order valence-electron chi connectivity index (χ2n) is 7.63. The minimum Gasteiger partial charge on any atom is -0.494 e. The number of esters is 1. The van der Waals surface area contributed by atoms with Gasteiger partial charge in [-0.2, -0.15) is 0 Å². The summed E-state index contributed by atoms with van der Waals surface area (Å²) in [6.07, 6.45) is 3.47. The van der Waals surface area contributed by atoms with E-state index >= 15 is 0 Å². The van der Waals surface area contributed by atoms with Crippen molar-refractivity contribution < 1.29 is 23.8 Å². The van der Waals surface area contributed by atoms with Crippen LogP contribution in [-0.4, -0.2) is 36.4 Å². The second-order valence-corrected chi connectivity index (χ2v) is 8.55. The first kappa shape index (κ1) is 21.5. The molecule has 150 valence electrons. The van der Waals surface area contributed by atoms with Crippen LogP contribution in [0.2, 0.25) is 0 Å². The van der Waals surface area contributed by atoms with Crippen molar-refractivity contribution in [2.24, 2.45) is 0 Å². The van der Waals surface area contributed by atoms with E-state index < -0.39 is 23.7 Å². The molecule has 1 saturated carbocycles. The van der Waals surface area contributed by atoms with Crippen molar-refractivity contribution in [1.29, 1.82) is 0 Å². The van der Waals surface area contributed by atoms with Gasteiger partial charge < -0.3 is 19.5 Å². The summed E-state index contributed by atoms with van der Waals surface area (Å²) >= 11 is 3.37. The number of rotatable bonds is 7. The zero-order valence-electron chi connectivity index (χ0n) is 16.1. The average Bonchev–Trinajstić information content (AvgIpc) is 3.07. The van der Waals surface area contributed by atoms with E-state index in [4.69, 9.17) is 14.2 Å². The zero-order chi connectivity index (χ0) is 19.9. The maximum absolute atomic E-state index is 12.5. The van der Waals surface area contributed by atoms with Gasteiger partial charge >= 0.3 is 12.1 Å². The van der Waals surface area contributed by atoms with E-state index in [2.05, 4.69) is 21.2 Å². The van der Waals surface area contributed by atoms with Gasteiger partial charge in [-0.05, 0) is 70.7 Å². The maximum Gasteiger partial charge on any atom is 0.408 e. The lowest BCUT2D eigenvalue weighted by Gasteiger charge is -2.24. The van der Waals surface area contributed by atoms with Crippen molar-refractivity contribution in [3.63, 3.8) is 0 Å². The highest BCUT2D eigenvalue weighted by Gasteiger charge is 2.28. The third-order valence-corrected chi connectivity index (χ3v) is 4.58. The molecule has 0 aromatic heterocycles. The molecule has 0 unspecified atom stereocenters. The predicted octanol–water partition coefficient (Wildman–Crippen LogP) is 4.60. The summed E-state index contributed by atoms with van der Waals surface area (Å²) in [6, 6.07) is 6.60. The standard InChI is InChI=1S/C20H28BrNO5/c1-20(2,3)27-19(24)22-17(18(23)26-16-6-4-5-7-16)12-13-25-15-10-8-14(21)9-11-15/h8-11,16-17H,4-7,12-13H2,1-3H3,(H,22,24)/t17-/m1/s1. The summed E-state index contributed by atoms with van der Waals surface area (Å²) in [4.78, 5) is 24.6. The number of nitrogens with one attached hydrogen (secondary N) is 1. The van der Waals surface area contributed by atoms with Gasteiger partial charge in [0.25, 0.3) is 0 Å². The van der Waals surface area contributed by atoms with Crippen LogP contribution in [0.5, 0.6) is 5.75 Å². The highest BCUT2D eigenvalue weighted by Crippen LogP contribution is 2.22. The number of carbonyl (C=O) groups excluding carboxylic acids is 2. The fourth-order valence-corrected chi connectivity index (χ4v) is 3.04. The molecule has 1 atom stereocenters. The Morgan fingerprint density at radius 2 is 1.81 bits per heavy atom. The summed E-state index contributed by atoms with van der Waals surface area (Å²) in [5, 5.41) is 2.62. The quantitative estimate of drug-likeness (QED) is 0.625. The van der Waals surface area contributed by atoms with Gasteiger partial charge in [0.1, 0.15) is 23.5 Å². The van der Waals surface area contributed by atoms with Gasteiger partial charge in [0.2, 0.25) is 0 Å². The maximum atomic E-state index is 12.5. The number of benzene rings is 1. The molecule has 27 heavy (non-hydrogen) atoms. The first-order valence-corrected chi connectivity index (χ1v) is 10.1. The van der Waals surface area contributed by atoms with Gasteiger partial charge in [-0.25, -0.2) is 9.59 Å². The molecule has 1 aromatic rings. The number of hydrogen-bond donors (Lipinski definition) is 1. The van der Waals surface area contributed by atoms with Crippen LogP contribution in [0.4, 0.5) is 4.79 Å². The molecular weight excluding hydrogens is 414 g/mol. The largest absolute Gasteiger partial charge is 0.494 e. The van der Waals surface area contributed by atoms with Crippen molar-refractivity contribution in [2.75, 3.05) is 6.61 Å². The van der Waals surface area contributed by atoms with Crippen molar-refractivity contribution in [3.8, 4) is 5.75 Å². The van der Waals surface area contributed by atoms with E-state index in [1.165, 1.54) is 0 Å². The first-order chi connectivity index (χ1) is 12.7. The number of alkyl carbamates (subject to hydrolysis) is 1. The molecule has 0 spiro atoms. The molecule has 7 heteroatoms. The number of halogens is 1. The van der Waals surface area contributed by atoms with E-state index in [0.29, 0.717) is 12.2 Å². The monoisotopic (exact) mass is 441 g/mol. The lowest BCUT2D eigenvalue weighted by Crippen LogP contribution is -2.45. The highest BCUT2D eigenvalue weighted by molar-refractivity contribution is 9.10. The molecular formula is C20H28BrNO5. The number of hydrogen-bond acceptors (Lipinski definition) is 5. The van der Waals surface area contributed by atoms with Crippen molar-refractivity contribution in [2.45, 2.75) is 70.6 Å². The van der Waals surface area contributed by atoms with Crippen molar-refractivity contribution in [3.05, 3.63) is 28.7 Å². The van der Waals surface area contributed by atoms with Crippen LogP contribution in [0.25, 0.3) is 0 Å². The Bertz CT molecular complexity index is 620. The summed E-state index contributed by atoms with van der Waals surface area (Å²) < 4.78 is 17.4. The van der Waals surface area contributed by atoms with E-state index in [1.807, 2.05) is 24.3 Å². The number of ether oxygens (including phenoxy) is 3. The Labute approximate surface area is 169 Å². The SMILES string of the molecule is CC(C)(C)OC(=O)N[C@H](CCOc1ccc(Br)cc1)C(=O)OC1CCCC1. The fraction of sp³-hybridized carbons (Fsp3) is 0.600. The third-order valence-electron chi connectivity index (χ3n) is 4.05. The van der Waals surface area contributed by atoms with Crippen LogP contribution in [0.3, 0.4) is 0 Å². The van der Waals surface area contributed by atoms with Gasteiger partial charge in [-0.15, -0.1) is 0 Å². The van der Waals surface area contributed by atoms with Gasteiger partial charge in [0.05, 0.1) is 6.61 Å². The van der Waals surface area contributed by atoms with Gasteiger partial charge in [0.15, 0.2) is 0 Å². The fourth-order valence-electron chi connectivity index (χ4n) is 2.78. The molecule has 1 N–H and O–H groups in total. The van der Waals surface area contributed by atoms with Crippen LogP contribution >= 0.6 is 15.9 Å². The van der Waals surface area contributed by atoms with Crippen LogP contribution in [-0.2, 0) is 14.3 Å². The number of amides is 1. The summed E-state index contributed by atoms with van der Waals surface area (Å²) in [6.45, 7) is 5.58. The molecule has 1 aliphatic rings. The van der Waals surface area contributed by atoms with Crippen LogP contribution < -0.4 is 10.1 Å². The summed E-state index contributed by atoms with van der Waals surface area (Å²) in [5.74, 6) is 0.255. The van der Waals surface area contributed by atoms with Crippen LogP contribution in [0, 0.1) is 0 Å². The third kappa shape index (κ3) is 8.20. The van der Waals surface area contributed by atoms with Gasteiger partial charge in [-0.3, -0.25) is 0 Å². The van der Waals surface area contributed by atoms with Crippen molar-refractivity contribution in [1.82, 2.24) is 5.32 Å². The average molecular weight is 442 g/mol. The smallest absolute Gasteiger partial charge is 0.408 e. The second kappa shape index (κ2) is 9.97. The molecule has 0 saturated heterocycles. The van der Waals surface area contributed by atoms with Crippen LogP contribution in [0.15, 0.2) is 28.7 Å². The molecule has 2 rings (SSSR count). The molecule has 1 aliphatic carbocycles. The van der Waals surface area contributed by atoms with Crippen LogP contribution in [0.1, 0.15) is 52.9 Å². The Morgan fingerprint density at radius 3 is 2.41 bits per heavy atom. The molecule has 0 heterocycles. The highest BCUT2D eigenvalue weighted by atomic mass is 79.9. The first-order valence-electron chi connectivity index (χ1n) is 9.31. The molecule has 1 aromatic carbocycles. The van der Waals surface area contributed by atoms with Gasteiger partial charge in [-0.1, -0.05) is 15.9 Å². The zero-order valence-corrected chi connectivity index (χ0v) is 17.7. The predicted molar refractivity (Wildman–Crippen MR) is 106 cm³/mol. The van der Waals surface area contributed by atoms with E-state index in [-0.39, 0.29) is 12.7 Å². The molecule has 1 amide bonds. The Hall–Kier alpha value is -1.76. The lowest BCUT2D eigenvalue weighted by atomic mass is 10.2. The Balaban J connectivity index is 1.91. The minimum atomic E-state index is -0.809. The Morgan fingerprint density at radius 1 is 1.19 bits per heavy atom. The summed E-state index contributed by atoms with van der Waals surface area (Å²) in [5.41, 5.74) is -0.641. The molecule has 6 nitrogen and oxygen atoms in total. The Kier molecular flexibility index (Phi) is 7.95. The van der Waals surface area contributed by atoms with E-state index in [9.17, 15) is 9.59 Å². The van der Waals surface area contributed by atoms with Crippen molar-refractivity contribution >= 4 is 28.0 Å².